The standard InChI is InChI=1S/C20H20ClNO2/c1-11-6-5-7-16(13(11)3)22-18(23)9-15-10-24-17-8-12(2)20(21)14(4)19(15)17/h5-8,10H,9H2,1-4H3,(H,22,23). The maximum Gasteiger partial charge on any atom is 0.228 e. The molecule has 0 radical (unpaired) electrons. The van der Waals surface area contributed by atoms with Crippen LogP contribution < -0.4 is 5.32 Å². The fraction of sp³-hybridized carbons (Fsp3) is 0.250. The van der Waals surface area contributed by atoms with Crippen LogP contribution in [0.15, 0.2) is 34.9 Å². The molecule has 0 aliphatic heterocycles. The Kier molecular flexibility index (Phi) is 4.37. The van der Waals surface area contributed by atoms with E-state index in [0.29, 0.717) is 0 Å². The smallest absolute Gasteiger partial charge is 0.228 e. The highest BCUT2D eigenvalue weighted by Crippen LogP contribution is 2.33. The van der Waals surface area contributed by atoms with Gasteiger partial charge in [-0.05, 0) is 62.1 Å². The first-order chi connectivity index (χ1) is 11.4. The molecule has 0 aliphatic carbocycles. The normalized spacial score (nSPS) is 11.0. The fourth-order valence-corrected chi connectivity index (χ4v) is 3.14. The Morgan fingerprint density at radius 2 is 1.88 bits per heavy atom. The molecule has 0 saturated carbocycles. The lowest BCUT2D eigenvalue weighted by Gasteiger charge is -2.10. The molecule has 0 atom stereocenters. The van der Waals surface area contributed by atoms with Crippen molar-refractivity contribution in [2.45, 2.75) is 34.1 Å². The monoisotopic (exact) mass is 341 g/mol. The van der Waals surface area contributed by atoms with Crippen LogP contribution >= 0.6 is 11.6 Å². The minimum absolute atomic E-state index is 0.0671. The lowest BCUT2D eigenvalue weighted by Crippen LogP contribution is -2.15. The largest absolute Gasteiger partial charge is 0.464 e. The van der Waals surface area contributed by atoms with Gasteiger partial charge in [0.25, 0.3) is 0 Å². The molecule has 0 fully saturated rings. The molecular formula is C20H20ClNO2. The number of rotatable bonds is 3. The molecule has 4 heteroatoms. The third-order valence-corrected chi connectivity index (χ3v) is 5.11. The number of hydrogen-bond acceptors (Lipinski definition) is 2. The molecule has 1 amide bonds. The summed E-state index contributed by atoms with van der Waals surface area (Å²) in [5, 5.41) is 4.64. The van der Waals surface area contributed by atoms with Gasteiger partial charge >= 0.3 is 0 Å². The van der Waals surface area contributed by atoms with Gasteiger partial charge in [0.2, 0.25) is 5.91 Å². The summed E-state index contributed by atoms with van der Waals surface area (Å²) in [7, 11) is 0. The molecule has 1 N–H and O–H groups in total. The van der Waals surface area contributed by atoms with Crippen molar-refractivity contribution in [2.75, 3.05) is 5.32 Å². The van der Waals surface area contributed by atoms with Crippen LogP contribution in [0, 0.1) is 27.7 Å². The molecule has 1 heterocycles. The molecular weight excluding hydrogens is 322 g/mol. The van der Waals surface area contributed by atoms with Gasteiger partial charge in [0.15, 0.2) is 0 Å². The van der Waals surface area contributed by atoms with Crippen molar-refractivity contribution in [1.82, 2.24) is 0 Å². The Balaban J connectivity index is 1.89. The summed E-state index contributed by atoms with van der Waals surface area (Å²) in [5.74, 6) is -0.0671. The van der Waals surface area contributed by atoms with Crippen molar-refractivity contribution in [3.05, 3.63) is 63.4 Å². The molecule has 124 valence electrons. The lowest BCUT2D eigenvalue weighted by molar-refractivity contribution is -0.115. The summed E-state index contributed by atoms with van der Waals surface area (Å²) in [6.45, 7) is 7.94. The van der Waals surface area contributed by atoms with Crippen molar-refractivity contribution >= 4 is 34.2 Å². The SMILES string of the molecule is Cc1cccc(NC(=O)Cc2coc3cc(C)c(Cl)c(C)c23)c1C. The van der Waals surface area contributed by atoms with E-state index in [2.05, 4.69) is 5.32 Å². The van der Waals surface area contributed by atoms with Gasteiger partial charge in [0, 0.05) is 21.7 Å². The van der Waals surface area contributed by atoms with E-state index >= 15 is 0 Å². The molecule has 1 aromatic heterocycles. The van der Waals surface area contributed by atoms with E-state index in [9.17, 15) is 4.79 Å². The van der Waals surface area contributed by atoms with E-state index in [1.165, 1.54) is 0 Å². The summed E-state index contributed by atoms with van der Waals surface area (Å²) < 4.78 is 5.62. The highest BCUT2D eigenvalue weighted by Gasteiger charge is 2.16. The molecule has 0 aliphatic rings. The Morgan fingerprint density at radius 3 is 2.62 bits per heavy atom. The van der Waals surface area contributed by atoms with Crippen molar-refractivity contribution in [3.63, 3.8) is 0 Å². The molecule has 3 rings (SSSR count). The van der Waals surface area contributed by atoms with Crippen LogP contribution in [-0.2, 0) is 11.2 Å². The number of benzene rings is 2. The van der Waals surface area contributed by atoms with Gasteiger partial charge in [-0.1, -0.05) is 23.7 Å². The van der Waals surface area contributed by atoms with Gasteiger partial charge in [-0.15, -0.1) is 0 Å². The molecule has 0 unspecified atom stereocenters. The minimum Gasteiger partial charge on any atom is -0.464 e. The van der Waals surface area contributed by atoms with Crippen molar-refractivity contribution < 1.29 is 9.21 Å². The average Bonchev–Trinajstić information content (AvgIpc) is 2.92. The van der Waals surface area contributed by atoms with E-state index in [1.807, 2.05) is 52.0 Å². The molecule has 0 bridgehead atoms. The lowest BCUT2D eigenvalue weighted by atomic mass is 10.0. The Bertz CT molecular complexity index is 940. The van der Waals surface area contributed by atoms with Crippen LogP contribution in [0.25, 0.3) is 11.0 Å². The minimum atomic E-state index is -0.0671. The van der Waals surface area contributed by atoms with Gasteiger partial charge in [0.05, 0.1) is 12.7 Å². The molecule has 24 heavy (non-hydrogen) atoms. The van der Waals surface area contributed by atoms with Crippen LogP contribution in [0.3, 0.4) is 0 Å². The van der Waals surface area contributed by atoms with Crippen LogP contribution in [0.4, 0.5) is 5.69 Å². The number of hydrogen-bond donors (Lipinski definition) is 1. The van der Waals surface area contributed by atoms with Crippen LogP contribution in [0.5, 0.6) is 0 Å². The zero-order chi connectivity index (χ0) is 17.4. The van der Waals surface area contributed by atoms with Crippen LogP contribution in [0.2, 0.25) is 5.02 Å². The summed E-state index contributed by atoms with van der Waals surface area (Å²) in [6.07, 6.45) is 1.90. The van der Waals surface area contributed by atoms with Crippen molar-refractivity contribution in [2.24, 2.45) is 0 Å². The Hall–Kier alpha value is -2.26. The van der Waals surface area contributed by atoms with E-state index in [0.717, 1.165) is 49.5 Å². The summed E-state index contributed by atoms with van der Waals surface area (Å²) in [5.41, 5.74) is 6.63. The molecule has 2 aromatic carbocycles. The average molecular weight is 342 g/mol. The summed E-state index contributed by atoms with van der Waals surface area (Å²) in [4.78, 5) is 12.5. The van der Waals surface area contributed by atoms with Crippen molar-refractivity contribution in [3.8, 4) is 0 Å². The second kappa shape index (κ2) is 6.33. The van der Waals surface area contributed by atoms with Crippen LogP contribution in [-0.4, -0.2) is 5.91 Å². The van der Waals surface area contributed by atoms with E-state index < -0.39 is 0 Å². The third kappa shape index (κ3) is 2.92. The van der Waals surface area contributed by atoms with E-state index in [4.69, 9.17) is 16.0 Å². The third-order valence-electron chi connectivity index (χ3n) is 4.52. The van der Waals surface area contributed by atoms with Gasteiger partial charge in [-0.3, -0.25) is 4.79 Å². The fourth-order valence-electron chi connectivity index (χ4n) is 2.99. The number of halogens is 1. The molecule has 0 saturated heterocycles. The van der Waals surface area contributed by atoms with Gasteiger partial charge in [0.1, 0.15) is 5.58 Å². The second-order valence-corrected chi connectivity index (χ2v) is 6.62. The van der Waals surface area contributed by atoms with Gasteiger partial charge < -0.3 is 9.73 Å². The predicted octanol–water partition coefficient (Wildman–Crippen LogP) is 5.50. The molecule has 3 nitrogen and oxygen atoms in total. The molecule has 0 spiro atoms. The maximum atomic E-state index is 12.5. The number of carbonyl (C=O) groups is 1. The van der Waals surface area contributed by atoms with Crippen LogP contribution in [0.1, 0.15) is 27.8 Å². The number of furan rings is 1. The maximum absolute atomic E-state index is 12.5. The number of fused-ring (bicyclic) bond motifs is 1. The first-order valence-corrected chi connectivity index (χ1v) is 8.28. The number of nitrogens with one attached hydrogen (secondary N) is 1. The molecule has 3 aromatic rings. The van der Waals surface area contributed by atoms with E-state index in [-0.39, 0.29) is 12.3 Å². The number of aryl methyl sites for hydroxylation is 3. The number of carbonyl (C=O) groups excluding carboxylic acids is 1. The summed E-state index contributed by atoms with van der Waals surface area (Å²) in [6, 6.07) is 7.80. The zero-order valence-corrected chi connectivity index (χ0v) is 15.0. The first kappa shape index (κ1) is 16.6. The summed E-state index contributed by atoms with van der Waals surface area (Å²) >= 11 is 6.35. The van der Waals surface area contributed by atoms with Crippen molar-refractivity contribution in [1.29, 1.82) is 0 Å². The quantitative estimate of drug-likeness (QED) is 0.683. The van der Waals surface area contributed by atoms with Gasteiger partial charge in [-0.25, -0.2) is 0 Å². The topological polar surface area (TPSA) is 42.2 Å². The van der Waals surface area contributed by atoms with Gasteiger partial charge in [-0.2, -0.15) is 0 Å². The second-order valence-electron chi connectivity index (χ2n) is 6.24. The number of anilines is 1. The zero-order valence-electron chi connectivity index (χ0n) is 14.3. The highest BCUT2D eigenvalue weighted by atomic mass is 35.5. The Labute approximate surface area is 146 Å². The first-order valence-electron chi connectivity index (χ1n) is 7.90. The van der Waals surface area contributed by atoms with E-state index in [1.54, 1.807) is 6.26 Å². The Morgan fingerprint density at radius 1 is 1.12 bits per heavy atom. The highest BCUT2D eigenvalue weighted by molar-refractivity contribution is 6.33. The number of amides is 1. The predicted molar refractivity (Wildman–Crippen MR) is 98.9 cm³/mol.